The van der Waals surface area contributed by atoms with Gasteiger partial charge in [-0.25, -0.2) is 8.42 Å². The minimum absolute atomic E-state index is 0.0545. The Bertz CT molecular complexity index is 842. The SMILES string of the molecule is CCNC(=O)C1(c2ccc(NS(=O)(=O)c3ccccc3)cc2)CCC1. The van der Waals surface area contributed by atoms with Crippen molar-refractivity contribution in [2.75, 3.05) is 11.3 Å². The molecule has 2 N–H and O–H groups in total. The lowest BCUT2D eigenvalue weighted by atomic mass is 9.64. The van der Waals surface area contributed by atoms with Crippen molar-refractivity contribution in [3.05, 3.63) is 60.2 Å². The zero-order valence-electron chi connectivity index (χ0n) is 14.2. The van der Waals surface area contributed by atoms with Crippen molar-refractivity contribution in [3.8, 4) is 0 Å². The summed E-state index contributed by atoms with van der Waals surface area (Å²) in [6.45, 7) is 2.52. The molecule has 0 saturated heterocycles. The van der Waals surface area contributed by atoms with Gasteiger partial charge in [0.1, 0.15) is 0 Å². The van der Waals surface area contributed by atoms with Crippen LogP contribution in [0, 0.1) is 0 Å². The van der Waals surface area contributed by atoms with Crippen LogP contribution in [0.5, 0.6) is 0 Å². The fraction of sp³-hybridized carbons (Fsp3) is 0.316. The van der Waals surface area contributed by atoms with E-state index < -0.39 is 15.4 Å². The van der Waals surface area contributed by atoms with Gasteiger partial charge >= 0.3 is 0 Å². The number of sulfonamides is 1. The highest BCUT2D eigenvalue weighted by molar-refractivity contribution is 7.92. The summed E-state index contributed by atoms with van der Waals surface area (Å²) >= 11 is 0. The van der Waals surface area contributed by atoms with Crippen LogP contribution in [0.2, 0.25) is 0 Å². The smallest absolute Gasteiger partial charge is 0.261 e. The minimum Gasteiger partial charge on any atom is -0.356 e. The van der Waals surface area contributed by atoms with Gasteiger partial charge < -0.3 is 5.32 Å². The van der Waals surface area contributed by atoms with Crippen molar-refractivity contribution in [2.24, 2.45) is 0 Å². The van der Waals surface area contributed by atoms with Crippen LogP contribution >= 0.6 is 0 Å². The van der Waals surface area contributed by atoms with E-state index >= 15 is 0 Å². The van der Waals surface area contributed by atoms with Crippen LogP contribution in [0.25, 0.3) is 0 Å². The van der Waals surface area contributed by atoms with E-state index in [0.29, 0.717) is 12.2 Å². The predicted octanol–water partition coefficient (Wildman–Crippen LogP) is 3.05. The van der Waals surface area contributed by atoms with Gasteiger partial charge in [0.05, 0.1) is 10.3 Å². The molecule has 0 aromatic heterocycles. The first-order valence-corrected chi connectivity index (χ1v) is 9.93. The number of benzene rings is 2. The van der Waals surface area contributed by atoms with Crippen LogP contribution in [0.1, 0.15) is 31.7 Å². The van der Waals surface area contributed by atoms with E-state index in [0.717, 1.165) is 24.8 Å². The molecule has 1 aliphatic rings. The molecule has 0 spiro atoms. The predicted molar refractivity (Wildman–Crippen MR) is 97.9 cm³/mol. The van der Waals surface area contributed by atoms with Gasteiger partial charge in [-0.2, -0.15) is 0 Å². The maximum Gasteiger partial charge on any atom is 0.261 e. The molecule has 132 valence electrons. The van der Waals surface area contributed by atoms with Crippen LogP contribution in [0.3, 0.4) is 0 Å². The first kappa shape index (κ1) is 17.5. The second-order valence-electron chi connectivity index (χ2n) is 6.29. The first-order chi connectivity index (χ1) is 12.0. The van der Waals surface area contributed by atoms with E-state index in [9.17, 15) is 13.2 Å². The van der Waals surface area contributed by atoms with E-state index in [4.69, 9.17) is 0 Å². The molecule has 0 aliphatic heterocycles. The molecular weight excluding hydrogens is 336 g/mol. The van der Waals surface area contributed by atoms with Crippen molar-refractivity contribution in [3.63, 3.8) is 0 Å². The first-order valence-electron chi connectivity index (χ1n) is 8.45. The van der Waals surface area contributed by atoms with Crippen molar-refractivity contribution < 1.29 is 13.2 Å². The lowest BCUT2D eigenvalue weighted by Crippen LogP contribution is -2.49. The maximum absolute atomic E-state index is 12.4. The Morgan fingerprint density at radius 2 is 1.68 bits per heavy atom. The Kier molecular flexibility index (Phi) is 4.81. The summed E-state index contributed by atoms with van der Waals surface area (Å²) in [6, 6.07) is 15.4. The van der Waals surface area contributed by atoms with Gasteiger partial charge in [-0.05, 0) is 49.6 Å². The van der Waals surface area contributed by atoms with Crippen LogP contribution in [-0.2, 0) is 20.2 Å². The highest BCUT2D eigenvalue weighted by Gasteiger charge is 2.45. The van der Waals surface area contributed by atoms with Gasteiger partial charge in [-0.15, -0.1) is 0 Å². The van der Waals surface area contributed by atoms with Gasteiger partial charge in [0, 0.05) is 12.2 Å². The zero-order valence-corrected chi connectivity index (χ0v) is 15.0. The molecule has 1 saturated carbocycles. The molecule has 6 heteroatoms. The molecule has 0 radical (unpaired) electrons. The summed E-state index contributed by atoms with van der Waals surface area (Å²) in [6.07, 6.45) is 2.68. The van der Waals surface area contributed by atoms with Gasteiger partial charge in [0.25, 0.3) is 10.0 Å². The lowest BCUT2D eigenvalue weighted by molar-refractivity contribution is -0.129. The Morgan fingerprint density at radius 3 is 2.20 bits per heavy atom. The van der Waals surface area contributed by atoms with Gasteiger partial charge in [0.2, 0.25) is 5.91 Å². The number of rotatable bonds is 6. The molecule has 0 unspecified atom stereocenters. The standard InChI is InChI=1S/C19H22N2O3S/c1-2-20-18(22)19(13-6-14-19)15-9-11-16(12-10-15)21-25(23,24)17-7-4-3-5-8-17/h3-5,7-12,21H,2,6,13-14H2,1H3,(H,20,22). The average Bonchev–Trinajstić information content (AvgIpc) is 2.56. The summed E-state index contributed by atoms with van der Waals surface area (Å²) in [5, 5.41) is 2.91. The van der Waals surface area contributed by atoms with Gasteiger partial charge in [-0.3, -0.25) is 9.52 Å². The van der Waals surface area contributed by atoms with Crippen LogP contribution < -0.4 is 10.0 Å². The normalized spacial score (nSPS) is 15.9. The van der Waals surface area contributed by atoms with Crippen LogP contribution in [0.15, 0.2) is 59.5 Å². The highest BCUT2D eigenvalue weighted by atomic mass is 32.2. The molecule has 25 heavy (non-hydrogen) atoms. The quantitative estimate of drug-likeness (QED) is 0.833. The van der Waals surface area contributed by atoms with Crippen LogP contribution in [-0.4, -0.2) is 20.9 Å². The fourth-order valence-electron chi connectivity index (χ4n) is 3.18. The summed E-state index contributed by atoms with van der Waals surface area (Å²) in [4.78, 5) is 12.6. The topological polar surface area (TPSA) is 75.3 Å². The third-order valence-corrected chi connectivity index (χ3v) is 6.12. The summed E-state index contributed by atoms with van der Waals surface area (Å²) in [5.41, 5.74) is 0.956. The Morgan fingerprint density at radius 1 is 1.04 bits per heavy atom. The molecule has 1 aliphatic carbocycles. The number of amides is 1. The summed E-state index contributed by atoms with van der Waals surface area (Å²) < 4.78 is 27.3. The zero-order chi connectivity index (χ0) is 17.9. The number of carbonyl (C=O) groups is 1. The number of anilines is 1. The number of hydrogen-bond acceptors (Lipinski definition) is 3. The minimum atomic E-state index is -3.61. The molecule has 5 nitrogen and oxygen atoms in total. The third kappa shape index (κ3) is 3.39. The second-order valence-corrected chi connectivity index (χ2v) is 7.97. The van der Waals surface area contributed by atoms with Crippen molar-refractivity contribution in [2.45, 2.75) is 36.5 Å². The number of carbonyl (C=O) groups excluding carboxylic acids is 1. The van der Waals surface area contributed by atoms with Gasteiger partial charge in [-0.1, -0.05) is 36.8 Å². The Labute approximate surface area is 148 Å². The third-order valence-electron chi connectivity index (χ3n) is 4.72. The number of likely N-dealkylation sites (N-methyl/N-ethyl adjacent to an activating group) is 1. The largest absolute Gasteiger partial charge is 0.356 e. The van der Waals surface area contributed by atoms with E-state index in [2.05, 4.69) is 10.0 Å². The van der Waals surface area contributed by atoms with E-state index in [1.165, 1.54) is 0 Å². The molecule has 1 fully saturated rings. The molecule has 2 aromatic carbocycles. The van der Waals surface area contributed by atoms with Crippen molar-refractivity contribution >= 4 is 21.6 Å². The molecule has 0 atom stereocenters. The van der Waals surface area contributed by atoms with E-state index in [1.807, 2.05) is 19.1 Å². The van der Waals surface area contributed by atoms with Crippen molar-refractivity contribution in [1.82, 2.24) is 5.32 Å². The Hall–Kier alpha value is -2.34. The summed E-state index contributed by atoms with van der Waals surface area (Å²) in [7, 11) is -3.61. The maximum atomic E-state index is 12.4. The molecule has 1 amide bonds. The molecular formula is C19H22N2O3S. The van der Waals surface area contributed by atoms with E-state index in [1.54, 1.807) is 42.5 Å². The monoisotopic (exact) mass is 358 g/mol. The lowest BCUT2D eigenvalue weighted by Gasteiger charge is -2.40. The molecule has 2 aromatic rings. The molecule has 0 bridgehead atoms. The highest BCUT2D eigenvalue weighted by Crippen LogP contribution is 2.44. The molecule has 3 rings (SSSR count). The average molecular weight is 358 g/mol. The molecule has 0 heterocycles. The number of hydrogen-bond donors (Lipinski definition) is 2. The number of nitrogens with one attached hydrogen (secondary N) is 2. The fourth-order valence-corrected chi connectivity index (χ4v) is 4.26. The van der Waals surface area contributed by atoms with Crippen molar-refractivity contribution in [1.29, 1.82) is 0 Å². The van der Waals surface area contributed by atoms with Gasteiger partial charge in [0.15, 0.2) is 0 Å². The van der Waals surface area contributed by atoms with E-state index in [-0.39, 0.29) is 10.8 Å². The summed E-state index contributed by atoms with van der Waals surface area (Å²) in [5.74, 6) is 0.0545. The van der Waals surface area contributed by atoms with Crippen LogP contribution in [0.4, 0.5) is 5.69 Å². The Balaban J connectivity index is 1.80. The second kappa shape index (κ2) is 6.88.